The van der Waals surface area contributed by atoms with Crippen molar-refractivity contribution in [1.29, 1.82) is 0 Å². The first kappa shape index (κ1) is 84.5. The van der Waals surface area contributed by atoms with Gasteiger partial charge in [0.05, 0.1) is 16.7 Å². The molecule has 4 aliphatic rings. The van der Waals surface area contributed by atoms with E-state index in [-0.39, 0.29) is 32.5 Å². The predicted octanol–water partition coefficient (Wildman–Crippen LogP) is 28.5. The maximum absolute atomic E-state index is 2.44. The fourth-order valence-corrected chi connectivity index (χ4v) is 22.2. The zero-order chi connectivity index (χ0) is 88.4. The van der Waals surface area contributed by atoms with Crippen LogP contribution >= 0.6 is 0 Å². The molecule has 0 aliphatic heterocycles. The lowest BCUT2D eigenvalue weighted by atomic mass is 9.54. The maximum Gasteiger partial charge on any atom is 0.213 e. The van der Waals surface area contributed by atoms with Crippen molar-refractivity contribution < 1.29 is 18.3 Å². The number of fused-ring (bicyclic) bond motifs is 19. The summed E-state index contributed by atoms with van der Waals surface area (Å²) in [5, 5.41) is 10.7. The van der Waals surface area contributed by atoms with Crippen molar-refractivity contribution in [2.75, 3.05) is 0 Å². The molecule has 0 saturated heterocycles. The van der Waals surface area contributed by atoms with Gasteiger partial charge >= 0.3 is 0 Å². The van der Waals surface area contributed by atoms with Gasteiger partial charge in [-0.2, -0.15) is 0 Å². The van der Waals surface area contributed by atoms with Crippen molar-refractivity contribution in [3.63, 3.8) is 0 Å². The lowest BCUT2D eigenvalue weighted by Crippen LogP contribution is -2.44. The predicted molar refractivity (Wildman–Crippen MR) is 526 cm³/mol. The van der Waals surface area contributed by atoms with Crippen molar-refractivity contribution >= 4 is 43.1 Å². The van der Waals surface area contributed by atoms with Crippen LogP contribution in [0.3, 0.4) is 0 Å². The molecule has 0 N–H and O–H groups in total. The number of rotatable bonds is 4. The third kappa shape index (κ3) is 13.2. The number of benzene rings is 12. The molecule has 12 aromatic carbocycles. The zero-order valence-corrected chi connectivity index (χ0v) is 79.3. The van der Waals surface area contributed by atoms with E-state index in [2.05, 4.69) is 456 Å². The molecule has 0 unspecified atom stereocenters. The third-order valence-electron chi connectivity index (χ3n) is 31.9. The minimum absolute atomic E-state index is 0.00377. The summed E-state index contributed by atoms with van der Waals surface area (Å²) in [4.78, 5) is 0. The summed E-state index contributed by atoms with van der Waals surface area (Å²) in [5.74, 6) is 0. The standard InChI is InChI=1S/3C31H34N.C27H26N/c1-19-17-27(32(8)18-20(19)2)23-14-15-25-28-24-12-10-9-11-22(24)13-16-26(28)30(4,5)31(6,7)29(25)21(23)3;1-19-13-15-24-28-23-12-10-9-11-22(23)14-16-25(28)30(4,5)31(6,7)29(24)27(19)26-17-20(2)21(3)18-32(26)8;1-19-13-14-24-25-16-22-11-9-10-12-23(22)17-26(25)30(4,5)31(6,7)29(24)28(19)27-15-20(2)21(3)18-32(27)8;1-17-9-13-24-23(26(17)25-15-18(2)19(3)16-28(25)4)14-12-21-11-10-20-7-5-6-8-22(20)27(21)24/h3*9-18H,1-8H3;5-11,13,15-16H,12,14H2,1-4H3/q4*+1. The molecule has 0 amide bonds. The molecule has 0 bridgehead atoms. The molecule has 0 radical (unpaired) electrons. The van der Waals surface area contributed by atoms with Crippen molar-refractivity contribution in [3.05, 3.63) is 354 Å². The minimum Gasteiger partial charge on any atom is -0.201 e. The fourth-order valence-electron chi connectivity index (χ4n) is 22.2. The van der Waals surface area contributed by atoms with E-state index in [1.807, 2.05) is 0 Å². The zero-order valence-electron chi connectivity index (χ0n) is 79.3. The van der Waals surface area contributed by atoms with Crippen LogP contribution in [0.1, 0.15) is 194 Å². The molecule has 0 spiro atoms. The largest absolute Gasteiger partial charge is 0.213 e. The Hall–Kier alpha value is -11.7. The molecule has 4 heterocycles. The Morgan fingerprint density at radius 3 is 1.02 bits per heavy atom. The first-order chi connectivity index (χ1) is 58.7. The summed E-state index contributed by atoms with van der Waals surface area (Å²) in [7, 11) is 8.71. The van der Waals surface area contributed by atoms with Gasteiger partial charge in [0.1, 0.15) is 28.2 Å². The second kappa shape index (κ2) is 30.6. The summed E-state index contributed by atoms with van der Waals surface area (Å²) < 4.78 is 9.20. The highest BCUT2D eigenvalue weighted by molar-refractivity contribution is 6.05. The van der Waals surface area contributed by atoms with E-state index in [4.69, 9.17) is 0 Å². The normalized spacial score (nSPS) is 15.3. The molecule has 4 nitrogen and oxygen atoms in total. The SMILES string of the molecule is Cc1cc(-c2c(C)ccc3c2C(C)(C)C(C)(C)c2cc4ccccc4cc2-3)[n+](C)cc1C.Cc1cc(-c2c(C)ccc3c2C(C)(C)C(C)(C)c2ccc4ccccc4c2-3)[n+](C)cc1C.Cc1cc(-c2c(C)ccc3c2CCc2ccc4ccccc4c2-3)[n+](C)cc1C.Cc1cc(-c2ccc3c(c2C)C(C)(C)C(C)(C)c2ccc4ccccc4c2-3)[n+](C)cc1C. The first-order valence-corrected chi connectivity index (χ1v) is 45.2. The lowest BCUT2D eigenvalue weighted by Gasteiger charge is -2.49. The number of nitrogens with zero attached hydrogens (tertiary/aromatic N) is 4. The van der Waals surface area contributed by atoms with Gasteiger partial charge in [-0.05, 0) is 312 Å². The Bertz CT molecular complexity index is 7130. The van der Waals surface area contributed by atoms with E-state index >= 15 is 0 Å². The second-order valence-electron chi connectivity index (χ2n) is 40.6. The van der Waals surface area contributed by atoms with Crippen LogP contribution in [0, 0.1) is 83.1 Å². The fraction of sp³-hybridized carbons (Fsp3) is 0.300. The Balaban J connectivity index is 0.000000117. The van der Waals surface area contributed by atoms with Crippen molar-refractivity contribution in [2.45, 2.75) is 212 Å². The van der Waals surface area contributed by atoms with Gasteiger partial charge in [0.15, 0.2) is 24.8 Å². The molecule has 124 heavy (non-hydrogen) atoms. The maximum atomic E-state index is 2.44. The van der Waals surface area contributed by atoms with E-state index < -0.39 is 0 Å². The molecular formula is C120H128N4+4. The average molecular weight is 1630 g/mol. The Morgan fingerprint density at radius 1 is 0.218 bits per heavy atom. The van der Waals surface area contributed by atoms with Gasteiger partial charge in [0.25, 0.3) is 0 Å². The highest BCUT2D eigenvalue weighted by atomic mass is 14.9. The van der Waals surface area contributed by atoms with Crippen LogP contribution < -0.4 is 18.3 Å². The Kier molecular flexibility index (Phi) is 20.9. The summed E-state index contributed by atoms with van der Waals surface area (Å²) in [6.07, 6.45) is 11.3. The van der Waals surface area contributed by atoms with Crippen molar-refractivity contribution in [1.82, 2.24) is 0 Å². The number of aromatic nitrogens is 4. The molecule has 0 fully saturated rings. The number of pyridine rings is 4. The number of hydrogen-bond donors (Lipinski definition) is 0. The van der Waals surface area contributed by atoms with Crippen LogP contribution in [-0.2, 0) is 73.5 Å². The van der Waals surface area contributed by atoms with E-state index in [0.29, 0.717) is 0 Å². The topological polar surface area (TPSA) is 15.5 Å². The van der Waals surface area contributed by atoms with Crippen LogP contribution in [0.15, 0.2) is 243 Å². The summed E-state index contributed by atoms with van der Waals surface area (Å²) in [6.45, 7) is 55.9. The highest BCUT2D eigenvalue weighted by Gasteiger charge is 2.52. The summed E-state index contributed by atoms with van der Waals surface area (Å²) in [5.41, 5.74) is 49.8. The van der Waals surface area contributed by atoms with E-state index in [9.17, 15) is 0 Å². The Morgan fingerprint density at radius 2 is 0.548 bits per heavy atom. The molecular weight excluding hydrogens is 1500 g/mol. The van der Waals surface area contributed by atoms with E-state index in [1.165, 1.54) is 244 Å². The second-order valence-corrected chi connectivity index (χ2v) is 40.6. The smallest absolute Gasteiger partial charge is 0.201 e. The summed E-state index contributed by atoms with van der Waals surface area (Å²) >= 11 is 0. The monoisotopic (exact) mass is 1630 g/mol. The molecule has 20 rings (SSSR count). The van der Waals surface area contributed by atoms with E-state index in [1.54, 1.807) is 0 Å². The number of aryl methyl sites for hydroxylation is 16. The molecule has 624 valence electrons. The third-order valence-corrected chi connectivity index (χ3v) is 31.9. The van der Waals surface area contributed by atoms with Crippen LogP contribution in [0.25, 0.3) is 133 Å². The molecule has 0 atom stereocenters. The van der Waals surface area contributed by atoms with Crippen molar-refractivity contribution in [2.24, 2.45) is 28.2 Å². The summed E-state index contributed by atoms with van der Waals surface area (Å²) in [6, 6.07) is 82.2. The van der Waals surface area contributed by atoms with Gasteiger partial charge in [0, 0.05) is 62.9 Å². The van der Waals surface area contributed by atoms with Crippen LogP contribution in [-0.4, -0.2) is 0 Å². The van der Waals surface area contributed by atoms with Gasteiger partial charge in [-0.15, -0.1) is 0 Å². The van der Waals surface area contributed by atoms with Crippen molar-refractivity contribution in [3.8, 4) is 89.5 Å². The molecule has 16 aromatic rings. The minimum atomic E-state index is -0.0368. The molecule has 4 heteroatoms. The first-order valence-electron chi connectivity index (χ1n) is 45.2. The van der Waals surface area contributed by atoms with Gasteiger partial charge in [0.2, 0.25) is 22.8 Å². The quantitative estimate of drug-likeness (QED) is 0.156. The average Bonchev–Trinajstić information content (AvgIpc) is 0.686. The Labute approximate surface area is 740 Å². The van der Waals surface area contributed by atoms with Gasteiger partial charge < -0.3 is 0 Å². The van der Waals surface area contributed by atoms with Crippen LogP contribution in [0.2, 0.25) is 0 Å². The number of hydrogen-bond acceptors (Lipinski definition) is 0. The lowest BCUT2D eigenvalue weighted by molar-refractivity contribution is -0.661. The molecule has 4 aliphatic carbocycles. The van der Waals surface area contributed by atoms with Crippen LogP contribution in [0.5, 0.6) is 0 Å². The van der Waals surface area contributed by atoms with Gasteiger partial charge in [-0.3, -0.25) is 0 Å². The van der Waals surface area contributed by atoms with Crippen LogP contribution in [0.4, 0.5) is 0 Å². The van der Waals surface area contributed by atoms with E-state index in [0.717, 1.165) is 12.8 Å². The molecule has 4 aromatic heterocycles. The molecule has 0 saturated carbocycles. The van der Waals surface area contributed by atoms with Gasteiger partial charge in [-0.1, -0.05) is 259 Å². The van der Waals surface area contributed by atoms with Gasteiger partial charge in [-0.25, -0.2) is 18.3 Å². The highest BCUT2D eigenvalue weighted by Crippen LogP contribution is 2.62.